The van der Waals surface area contributed by atoms with Crippen LogP contribution in [0.3, 0.4) is 0 Å². The molecule has 0 unspecified atom stereocenters. The van der Waals surface area contributed by atoms with Crippen LogP contribution in [0.2, 0.25) is 0 Å². The predicted molar refractivity (Wildman–Crippen MR) is 106 cm³/mol. The van der Waals surface area contributed by atoms with Crippen LogP contribution in [0, 0.1) is 10.1 Å². The van der Waals surface area contributed by atoms with Gasteiger partial charge in [-0.2, -0.15) is 0 Å². The van der Waals surface area contributed by atoms with Gasteiger partial charge < -0.3 is 4.90 Å². The summed E-state index contributed by atoms with van der Waals surface area (Å²) in [7, 11) is 4.02. The first-order valence-corrected chi connectivity index (χ1v) is 8.42. The monoisotopic (exact) mass is 342 g/mol. The van der Waals surface area contributed by atoms with E-state index in [1.807, 2.05) is 32.3 Å². The van der Waals surface area contributed by atoms with E-state index in [9.17, 15) is 10.1 Å². The molecule has 0 saturated carbocycles. The molecule has 4 heteroatoms. The zero-order valence-electron chi connectivity index (χ0n) is 14.6. The molecule has 0 N–H and O–H groups in total. The SMILES string of the molecule is CN(C)c1ccc(/C=C2\c3ccccc3-c3ccc([N+](=O)[O-])cc32)cc1. The summed E-state index contributed by atoms with van der Waals surface area (Å²) >= 11 is 0. The van der Waals surface area contributed by atoms with Crippen molar-refractivity contribution in [2.75, 3.05) is 19.0 Å². The van der Waals surface area contributed by atoms with Crippen molar-refractivity contribution >= 4 is 23.0 Å². The summed E-state index contributed by atoms with van der Waals surface area (Å²) in [6.45, 7) is 0. The number of fused-ring (bicyclic) bond motifs is 3. The minimum atomic E-state index is -0.341. The Labute approximate surface area is 152 Å². The van der Waals surface area contributed by atoms with Gasteiger partial charge in [-0.15, -0.1) is 0 Å². The Morgan fingerprint density at radius 3 is 2.15 bits per heavy atom. The van der Waals surface area contributed by atoms with Crippen molar-refractivity contribution in [2.24, 2.45) is 0 Å². The number of nitro groups is 1. The molecule has 3 aromatic carbocycles. The standard InChI is InChI=1S/C22H18N2O2/c1-23(2)16-9-7-15(8-10-16)13-21-19-6-4-3-5-18(19)20-12-11-17(24(25)26)14-22(20)21/h3-14H,1-2H3/b21-13+. The van der Waals surface area contributed by atoms with Gasteiger partial charge in [0.2, 0.25) is 0 Å². The predicted octanol–water partition coefficient (Wildman–Crippen LogP) is 5.23. The smallest absolute Gasteiger partial charge is 0.270 e. The van der Waals surface area contributed by atoms with Gasteiger partial charge >= 0.3 is 0 Å². The van der Waals surface area contributed by atoms with E-state index in [2.05, 4.69) is 47.4 Å². The maximum absolute atomic E-state index is 11.2. The number of rotatable bonds is 3. The zero-order valence-corrected chi connectivity index (χ0v) is 14.6. The average molecular weight is 342 g/mol. The molecule has 128 valence electrons. The number of hydrogen-bond donors (Lipinski definition) is 0. The summed E-state index contributed by atoms with van der Waals surface area (Å²) in [6, 6.07) is 21.5. The molecule has 3 aromatic rings. The zero-order chi connectivity index (χ0) is 18.3. The minimum absolute atomic E-state index is 0.116. The number of non-ortho nitro benzene ring substituents is 1. The van der Waals surface area contributed by atoms with Gasteiger partial charge in [-0.05, 0) is 57.7 Å². The van der Waals surface area contributed by atoms with E-state index in [-0.39, 0.29) is 10.6 Å². The highest BCUT2D eigenvalue weighted by atomic mass is 16.6. The number of benzene rings is 3. The number of anilines is 1. The van der Waals surface area contributed by atoms with Crippen molar-refractivity contribution in [3.8, 4) is 11.1 Å². The summed E-state index contributed by atoms with van der Waals surface area (Å²) in [4.78, 5) is 12.9. The van der Waals surface area contributed by atoms with Crippen molar-refractivity contribution in [3.63, 3.8) is 0 Å². The van der Waals surface area contributed by atoms with E-state index in [1.54, 1.807) is 12.1 Å². The van der Waals surface area contributed by atoms with Gasteiger partial charge in [-0.1, -0.05) is 36.4 Å². The van der Waals surface area contributed by atoms with Crippen LogP contribution in [-0.2, 0) is 0 Å². The first-order chi connectivity index (χ1) is 12.5. The van der Waals surface area contributed by atoms with Crippen molar-refractivity contribution in [2.45, 2.75) is 0 Å². The highest BCUT2D eigenvalue weighted by Gasteiger charge is 2.25. The Balaban J connectivity index is 1.88. The van der Waals surface area contributed by atoms with E-state index in [0.29, 0.717) is 0 Å². The molecule has 26 heavy (non-hydrogen) atoms. The summed E-state index contributed by atoms with van der Waals surface area (Å²) in [6.07, 6.45) is 2.10. The van der Waals surface area contributed by atoms with E-state index in [1.165, 1.54) is 0 Å². The molecule has 0 aromatic heterocycles. The van der Waals surface area contributed by atoms with Crippen LogP contribution in [-0.4, -0.2) is 19.0 Å². The Bertz CT molecular complexity index is 1030. The summed E-state index contributed by atoms with van der Waals surface area (Å²) < 4.78 is 0. The Kier molecular flexibility index (Phi) is 3.81. The second-order valence-corrected chi connectivity index (χ2v) is 6.58. The van der Waals surface area contributed by atoms with Crippen LogP contribution in [0.1, 0.15) is 16.7 Å². The van der Waals surface area contributed by atoms with Crippen LogP contribution in [0.5, 0.6) is 0 Å². The van der Waals surface area contributed by atoms with E-state index < -0.39 is 0 Å². The summed E-state index contributed by atoms with van der Waals surface area (Å²) in [5.41, 5.74) is 7.53. The Hall–Kier alpha value is -3.40. The molecular formula is C22H18N2O2. The lowest BCUT2D eigenvalue weighted by Crippen LogP contribution is -2.07. The summed E-state index contributed by atoms with van der Waals surface area (Å²) in [5, 5.41) is 11.2. The fraction of sp³-hybridized carbons (Fsp3) is 0.0909. The van der Waals surface area contributed by atoms with Crippen molar-refractivity contribution < 1.29 is 4.92 Å². The van der Waals surface area contributed by atoms with Gasteiger partial charge in [0, 0.05) is 31.9 Å². The topological polar surface area (TPSA) is 46.4 Å². The first-order valence-electron chi connectivity index (χ1n) is 8.42. The highest BCUT2D eigenvalue weighted by Crippen LogP contribution is 2.46. The van der Waals surface area contributed by atoms with Crippen LogP contribution in [0.25, 0.3) is 22.8 Å². The average Bonchev–Trinajstić information content (AvgIpc) is 2.96. The lowest BCUT2D eigenvalue weighted by Gasteiger charge is -2.12. The van der Waals surface area contributed by atoms with Gasteiger partial charge in [-0.25, -0.2) is 0 Å². The molecule has 0 bridgehead atoms. The Morgan fingerprint density at radius 2 is 1.50 bits per heavy atom. The molecule has 0 spiro atoms. The van der Waals surface area contributed by atoms with Crippen LogP contribution in [0.4, 0.5) is 11.4 Å². The molecule has 0 saturated heterocycles. The third-order valence-electron chi connectivity index (χ3n) is 4.73. The maximum atomic E-state index is 11.2. The quantitative estimate of drug-likeness (QED) is 0.378. The molecule has 1 aliphatic rings. The molecule has 4 nitrogen and oxygen atoms in total. The third-order valence-corrected chi connectivity index (χ3v) is 4.73. The maximum Gasteiger partial charge on any atom is 0.270 e. The lowest BCUT2D eigenvalue weighted by molar-refractivity contribution is -0.384. The molecule has 0 atom stereocenters. The van der Waals surface area contributed by atoms with Crippen LogP contribution >= 0.6 is 0 Å². The molecule has 0 amide bonds. The molecule has 0 fully saturated rings. The molecular weight excluding hydrogens is 324 g/mol. The first kappa shape index (κ1) is 16.1. The van der Waals surface area contributed by atoms with Crippen molar-refractivity contribution in [3.05, 3.63) is 93.5 Å². The largest absolute Gasteiger partial charge is 0.378 e. The molecule has 0 radical (unpaired) electrons. The lowest BCUT2D eigenvalue weighted by atomic mass is 10.0. The third kappa shape index (κ3) is 2.65. The fourth-order valence-corrected chi connectivity index (χ4v) is 3.39. The van der Waals surface area contributed by atoms with Gasteiger partial charge in [0.05, 0.1) is 4.92 Å². The second-order valence-electron chi connectivity index (χ2n) is 6.58. The second kappa shape index (κ2) is 6.15. The molecule has 1 aliphatic carbocycles. The Morgan fingerprint density at radius 1 is 0.846 bits per heavy atom. The van der Waals surface area contributed by atoms with Gasteiger partial charge in [-0.3, -0.25) is 10.1 Å². The molecule has 0 aliphatic heterocycles. The fourth-order valence-electron chi connectivity index (χ4n) is 3.39. The van der Waals surface area contributed by atoms with Crippen molar-refractivity contribution in [1.82, 2.24) is 0 Å². The van der Waals surface area contributed by atoms with Crippen LogP contribution < -0.4 is 4.90 Å². The van der Waals surface area contributed by atoms with E-state index >= 15 is 0 Å². The molecule has 0 heterocycles. The number of nitro benzene ring substituents is 1. The summed E-state index contributed by atoms with van der Waals surface area (Å²) in [5.74, 6) is 0. The van der Waals surface area contributed by atoms with Crippen LogP contribution in [0.15, 0.2) is 66.7 Å². The van der Waals surface area contributed by atoms with E-state index in [4.69, 9.17) is 0 Å². The minimum Gasteiger partial charge on any atom is -0.378 e. The van der Waals surface area contributed by atoms with Gasteiger partial charge in [0.1, 0.15) is 0 Å². The normalized spacial score (nSPS) is 13.4. The van der Waals surface area contributed by atoms with Gasteiger partial charge in [0.15, 0.2) is 0 Å². The molecule has 4 rings (SSSR count). The van der Waals surface area contributed by atoms with Crippen molar-refractivity contribution in [1.29, 1.82) is 0 Å². The number of hydrogen-bond acceptors (Lipinski definition) is 3. The van der Waals surface area contributed by atoms with Gasteiger partial charge in [0.25, 0.3) is 5.69 Å². The number of nitrogens with zero attached hydrogens (tertiary/aromatic N) is 2. The van der Waals surface area contributed by atoms with E-state index in [0.717, 1.165) is 39.1 Å². The highest BCUT2D eigenvalue weighted by molar-refractivity contribution is 6.07.